The van der Waals surface area contributed by atoms with Crippen LogP contribution in [0.2, 0.25) is 0 Å². The van der Waals surface area contributed by atoms with E-state index in [0.29, 0.717) is 11.7 Å². The van der Waals surface area contributed by atoms with E-state index in [9.17, 15) is 0 Å². The second kappa shape index (κ2) is 5.99. The molecule has 22 heavy (non-hydrogen) atoms. The van der Waals surface area contributed by atoms with Crippen LogP contribution in [0.1, 0.15) is 45.6 Å². The first-order chi connectivity index (χ1) is 10.6. The van der Waals surface area contributed by atoms with Crippen LogP contribution in [0.5, 0.6) is 0 Å². The van der Waals surface area contributed by atoms with Crippen molar-refractivity contribution in [2.45, 2.75) is 46.2 Å². The molecule has 5 nitrogen and oxygen atoms in total. The number of pyridine rings is 1. The van der Waals surface area contributed by atoms with Gasteiger partial charge >= 0.3 is 0 Å². The summed E-state index contributed by atoms with van der Waals surface area (Å²) in [5, 5.41) is 4.86. The molecule has 2 aliphatic heterocycles. The van der Waals surface area contributed by atoms with E-state index < -0.39 is 0 Å². The lowest BCUT2D eigenvalue weighted by molar-refractivity contribution is 0.511. The van der Waals surface area contributed by atoms with Gasteiger partial charge in [0.1, 0.15) is 11.5 Å². The van der Waals surface area contributed by atoms with Crippen LogP contribution in [-0.2, 0) is 0 Å². The number of nitrogens with zero attached hydrogens (tertiary/aromatic N) is 3. The number of hydrogen-bond acceptors (Lipinski definition) is 5. The molecular weight excluding hydrogens is 274 g/mol. The molecule has 5 heteroatoms. The lowest BCUT2D eigenvalue weighted by atomic mass is 10.1. The lowest BCUT2D eigenvalue weighted by Crippen LogP contribution is -2.37. The average Bonchev–Trinajstić information content (AvgIpc) is 2.84. The highest BCUT2D eigenvalue weighted by molar-refractivity contribution is 5.73. The molecule has 0 saturated carbocycles. The quantitative estimate of drug-likeness (QED) is 0.866. The normalized spacial score (nSPS) is 18.5. The number of nitrogen functional groups attached to an aromatic ring is 1. The van der Waals surface area contributed by atoms with Gasteiger partial charge in [0.25, 0.3) is 0 Å². The molecule has 0 radical (unpaired) electrons. The third-order valence-corrected chi connectivity index (χ3v) is 4.11. The van der Waals surface area contributed by atoms with Crippen LogP contribution in [0.15, 0.2) is 11.2 Å². The summed E-state index contributed by atoms with van der Waals surface area (Å²) < 4.78 is 0. The molecule has 118 valence electrons. The Kier molecular flexibility index (Phi) is 4.05. The molecule has 0 saturated heterocycles. The number of rotatable bonds is 5. The highest BCUT2D eigenvalue weighted by Crippen LogP contribution is 2.27. The molecule has 0 aliphatic carbocycles. The molecule has 3 rings (SSSR count). The summed E-state index contributed by atoms with van der Waals surface area (Å²) in [5.41, 5.74) is 8.47. The predicted octanol–water partition coefficient (Wildman–Crippen LogP) is 1.59. The Morgan fingerprint density at radius 2 is 2.23 bits per heavy atom. The van der Waals surface area contributed by atoms with Crippen molar-refractivity contribution in [2.75, 3.05) is 17.2 Å². The van der Waals surface area contributed by atoms with Crippen LogP contribution < -0.4 is 26.7 Å². The first kappa shape index (κ1) is 14.9. The van der Waals surface area contributed by atoms with Gasteiger partial charge in [0.05, 0.1) is 11.0 Å². The van der Waals surface area contributed by atoms with Crippen LogP contribution in [0.4, 0.5) is 11.5 Å². The van der Waals surface area contributed by atoms with Gasteiger partial charge in [0, 0.05) is 24.5 Å². The Morgan fingerprint density at radius 3 is 2.95 bits per heavy atom. The number of fused-ring (bicyclic) bond motifs is 3. The van der Waals surface area contributed by atoms with Gasteiger partial charge in [0.2, 0.25) is 0 Å². The van der Waals surface area contributed by atoms with E-state index >= 15 is 0 Å². The van der Waals surface area contributed by atoms with E-state index in [1.54, 1.807) is 0 Å². The Balaban J connectivity index is 2.12. The van der Waals surface area contributed by atoms with Crippen molar-refractivity contribution in [3.63, 3.8) is 0 Å². The molecule has 0 bridgehead atoms. The Bertz CT molecular complexity index is 705. The summed E-state index contributed by atoms with van der Waals surface area (Å²) >= 11 is 0. The topological polar surface area (TPSA) is 66.5 Å². The fraction of sp³-hybridized carbons (Fsp3) is 0.529. The summed E-state index contributed by atoms with van der Waals surface area (Å²) in [6, 6.07) is 0. The first-order valence-corrected chi connectivity index (χ1v) is 8.18. The summed E-state index contributed by atoms with van der Waals surface area (Å²) in [6.45, 7) is 7.70. The Hall–Kier alpha value is -2.04. The van der Waals surface area contributed by atoms with Crippen molar-refractivity contribution >= 4 is 23.8 Å². The van der Waals surface area contributed by atoms with Gasteiger partial charge in [0.15, 0.2) is 5.82 Å². The summed E-state index contributed by atoms with van der Waals surface area (Å²) in [4.78, 5) is 11.8. The zero-order valence-electron chi connectivity index (χ0n) is 13.6. The largest absolute Gasteiger partial charge is 0.382 e. The molecule has 2 aliphatic rings. The lowest BCUT2D eigenvalue weighted by Gasteiger charge is -2.29. The van der Waals surface area contributed by atoms with Crippen molar-refractivity contribution in [1.82, 2.24) is 10.3 Å². The van der Waals surface area contributed by atoms with Crippen LogP contribution >= 0.6 is 0 Å². The number of nitrogens with one attached hydrogen (secondary N) is 1. The van der Waals surface area contributed by atoms with E-state index in [1.165, 1.54) is 12.8 Å². The van der Waals surface area contributed by atoms with Gasteiger partial charge < -0.3 is 16.0 Å². The average molecular weight is 299 g/mol. The van der Waals surface area contributed by atoms with Gasteiger partial charge in [-0.1, -0.05) is 27.2 Å². The predicted molar refractivity (Wildman–Crippen MR) is 91.6 cm³/mol. The maximum Gasteiger partial charge on any atom is 0.151 e. The van der Waals surface area contributed by atoms with E-state index in [4.69, 9.17) is 10.7 Å². The summed E-state index contributed by atoms with van der Waals surface area (Å²) in [7, 11) is 0. The van der Waals surface area contributed by atoms with Crippen LogP contribution in [0.3, 0.4) is 0 Å². The fourth-order valence-electron chi connectivity index (χ4n) is 3.15. The van der Waals surface area contributed by atoms with Gasteiger partial charge in [-0.05, 0) is 24.8 Å². The third kappa shape index (κ3) is 2.56. The summed E-state index contributed by atoms with van der Waals surface area (Å²) in [6.07, 6.45) is 9.53. The highest BCUT2D eigenvalue weighted by atomic mass is 15.3. The molecular formula is C17H25N5. The zero-order chi connectivity index (χ0) is 15.7. The van der Waals surface area contributed by atoms with Gasteiger partial charge in [-0.25, -0.2) is 4.98 Å². The molecule has 3 heterocycles. The highest BCUT2D eigenvalue weighted by Gasteiger charge is 2.29. The molecule has 3 N–H and O–H groups in total. The fourth-order valence-corrected chi connectivity index (χ4v) is 3.15. The first-order valence-electron chi connectivity index (χ1n) is 8.18. The Labute approximate surface area is 131 Å². The minimum absolute atomic E-state index is 0.191. The molecule has 0 aromatic carbocycles. The molecule has 1 unspecified atom stereocenters. The number of hydrogen-bond donors (Lipinski definition) is 2. The van der Waals surface area contributed by atoms with E-state index in [0.717, 1.165) is 34.9 Å². The number of nitrogens with two attached hydrogens (primary N) is 1. The van der Waals surface area contributed by atoms with Crippen molar-refractivity contribution < 1.29 is 0 Å². The second-order valence-electron chi connectivity index (χ2n) is 6.44. The van der Waals surface area contributed by atoms with Crippen LogP contribution in [-0.4, -0.2) is 17.7 Å². The number of aromatic nitrogens is 1. The van der Waals surface area contributed by atoms with Crippen molar-refractivity contribution in [1.29, 1.82) is 0 Å². The van der Waals surface area contributed by atoms with Gasteiger partial charge in [-0.3, -0.25) is 4.99 Å². The van der Waals surface area contributed by atoms with E-state index in [2.05, 4.69) is 42.0 Å². The smallest absolute Gasteiger partial charge is 0.151 e. The minimum atomic E-state index is 0.191. The number of unbranched alkanes of at least 4 members (excludes halogenated alkanes) is 1. The van der Waals surface area contributed by atoms with Gasteiger partial charge in [-0.2, -0.15) is 0 Å². The molecule has 0 amide bonds. The molecule has 1 aromatic rings. The van der Waals surface area contributed by atoms with Crippen molar-refractivity contribution in [3.8, 4) is 0 Å². The van der Waals surface area contributed by atoms with E-state index in [1.807, 2.05) is 12.4 Å². The molecule has 1 aromatic heterocycles. The SMILES string of the molecule is CCCCC1N=c2c(N)nc3c(c2N1CC(C)C)C=CNC=3. The molecule has 0 spiro atoms. The molecule has 1 atom stereocenters. The summed E-state index contributed by atoms with van der Waals surface area (Å²) in [5.74, 6) is 1.11. The molecule has 0 fully saturated rings. The van der Waals surface area contributed by atoms with Gasteiger partial charge in [-0.15, -0.1) is 0 Å². The second-order valence-corrected chi connectivity index (χ2v) is 6.44. The van der Waals surface area contributed by atoms with Crippen LogP contribution in [0.25, 0.3) is 12.3 Å². The maximum absolute atomic E-state index is 6.18. The van der Waals surface area contributed by atoms with Crippen LogP contribution in [0, 0.1) is 5.92 Å². The zero-order valence-corrected chi connectivity index (χ0v) is 13.6. The minimum Gasteiger partial charge on any atom is -0.382 e. The number of anilines is 2. The van der Waals surface area contributed by atoms with Crippen molar-refractivity contribution in [2.24, 2.45) is 10.9 Å². The monoisotopic (exact) mass is 299 g/mol. The standard InChI is InChI=1S/C17H25N5/c1-4-5-6-14-21-15-16(22(14)10-11(2)3)12-7-8-19-9-13(12)20-17(15)18/h7-9,11,14,19H,4-6,10H2,1-3H3,(H2,18,20). The Morgan fingerprint density at radius 1 is 1.41 bits per heavy atom. The van der Waals surface area contributed by atoms with Crippen molar-refractivity contribution in [3.05, 3.63) is 22.5 Å². The maximum atomic E-state index is 6.18. The third-order valence-electron chi connectivity index (χ3n) is 4.11. The van der Waals surface area contributed by atoms with E-state index in [-0.39, 0.29) is 6.17 Å².